The fourth-order valence-corrected chi connectivity index (χ4v) is 1.53. The van der Waals surface area contributed by atoms with Crippen molar-refractivity contribution < 1.29 is 18.7 Å². The Morgan fingerprint density at radius 1 is 1.11 bits per heavy atom. The largest absolute Gasteiger partial charge is 0.497 e. The first-order valence-electron chi connectivity index (χ1n) is 5.56. The normalized spacial score (nSPS) is 10.3. The van der Waals surface area contributed by atoms with Crippen LogP contribution in [0.3, 0.4) is 0 Å². The van der Waals surface area contributed by atoms with E-state index in [4.69, 9.17) is 13.9 Å². The van der Waals surface area contributed by atoms with Gasteiger partial charge in [-0.05, 0) is 29.8 Å². The summed E-state index contributed by atoms with van der Waals surface area (Å²) in [5.41, 5.74) is 1.05. The van der Waals surface area contributed by atoms with E-state index in [0.717, 1.165) is 11.3 Å². The molecule has 18 heavy (non-hydrogen) atoms. The van der Waals surface area contributed by atoms with Crippen LogP contribution >= 0.6 is 0 Å². The Kier molecular flexibility index (Phi) is 4.15. The molecule has 1 aromatic heterocycles. The van der Waals surface area contributed by atoms with Crippen molar-refractivity contribution in [3.8, 4) is 5.75 Å². The molecule has 1 aromatic carbocycles. The van der Waals surface area contributed by atoms with Crippen LogP contribution in [0, 0.1) is 0 Å². The van der Waals surface area contributed by atoms with Gasteiger partial charge in [0.15, 0.2) is 12.0 Å². The summed E-state index contributed by atoms with van der Waals surface area (Å²) in [6.07, 6.45) is 0.674. The number of hydrogen-bond acceptors (Lipinski definition) is 4. The average Bonchev–Trinajstić information content (AvgIpc) is 2.87. The van der Waals surface area contributed by atoms with Gasteiger partial charge >= 0.3 is 0 Å². The Bertz CT molecular complexity index is 499. The lowest BCUT2D eigenvalue weighted by Crippen LogP contribution is -1.93. The van der Waals surface area contributed by atoms with Crippen molar-refractivity contribution in [1.82, 2.24) is 0 Å². The summed E-state index contributed by atoms with van der Waals surface area (Å²) in [5, 5.41) is 0. The first-order valence-corrected chi connectivity index (χ1v) is 5.56. The molecule has 0 aliphatic heterocycles. The van der Waals surface area contributed by atoms with Crippen molar-refractivity contribution in [3.05, 3.63) is 53.5 Å². The summed E-state index contributed by atoms with van der Waals surface area (Å²) < 4.78 is 15.7. The van der Waals surface area contributed by atoms with Gasteiger partial charge in [-0.1, -0.05) is 12.1 Å². The molecular weight excluding hydrogens is 232 g/mol. The van der Waals surface area contributed by atoms with E-state index >= 15 is 0 Å². The Hall–Kier alpha value is -2.07. The average molecular weight is 246 g/mol. The number of rotatable bonds is 6. The molecule has 2 aromatic rings. The van der Waals surface area contributed by atoms with Gasteiger partial charge in [0.25, 0.3) is 0 Å². The highest BCUT2D eigenvalue weighted by Gasteiger charge is 2.01. The van der Waals surface area contributed by atoms with Crippen molar-refractivity contribution in [1.29, 1.82) is 0 Å². The molecule has 4 heteroatoms. The number of carbonyl (C=O) groups excluding carboxylic acids is 1. The lowest BCUT2D eigenvalue weighted by Gasteiger charge is -2.04. The van der Waals surface area contributed by atoms with Gasteiger partial charge in [-0.2, -0.15) is 0 Å². The highest BCUT2D eigenvalue weighted by molar-refractivity contribution is 5.70. The van der Waals surface area contributed by atoms with Crippen molar-refractivity contribution in [2.24, 2.45) is 0 Å². The molecule has 0 bridgehead atoms. The quantitative estimate of drug-likeness (QED) is 0.735. The molecule has 0 aliphatic rings. The number of hydrogen-bond donors (Lipinski definition) is 0. The van der Waals surface area contributed by atoms with Crippen LogP contribution in [0.1, 0.15) is 21.9 Å². The van der Waals surface area contributed by atoms with E-state index in [1.165, 1.54) is 0 Å². The van der Waals surface area contributed by atoms with E-state index in [9.17, 15) is 4.79 Å². The molecular formula is C14H14O4. The molecule has 0 saturated heterocycles. The minimum Gasteiger partial charge on any atom is -0.497 e. The summed E-state index contributed by atoms with van der Waals surface area (Å²) in [7, 11) is 1.63. The second-order valence-electron chi connectivity index (χ2n) is 3.76. The van der Waals surface area contributed by atoms with Gasteiger partial charge in [-0.3, -0.25) is 4.79 Å². The molecule has 0 radical (unpaired) electrons. The van der Waals surface area contributed by atoms with Crippen LogP contribution in [0.15, 0.2) is 40.8 Å². The van der Waals surface area contributed by atoms with Gasteiger partial charge in [-0.15, -0.1) is 0 Å². The lowest BCUT2D eigenvalue weighted by molar-refractivity contribution is 0.0907. The van der Waals surface area contributed by atoms with Crippen molar-refractivity contribution in [2.75, 3.05) is 7.11 Å². The van der Waals surface area contributed by atoms with E-state index in [2.05, 4.69) is 0 Å². The number of aldehydes is 1. The Morgan fingerprint density at radius 3 is 2.50 bits per heavy atom. The highest BCUT2D eigenvalue weighted by Crippen LogP contribution is 2.13. The standard InChI is InChI=1S/C14H14O4/c1-16-12-4-2-11(3-5-12)9-17-10-14-7-6-13(8-15)18-14/h2-8H,9-10H2,1H3. The fourth-order valence-electron chi connectivity index (χ4n) is 1.53. The van der Waals surface area contributed by atoms with Crippen LogP contribution in [0.2, 0.25) is 0 Å². The maximum absolute atomic E-state index is 10.4. The molecule has 0 atom stereocenters. The monoisotopic (exact) mass is 246 g/mol. The zero-order chi connectivity index (χ0) is 12.8. The third kappa shape index (κ3) is 3.21. The van der Waals surface area contributed by atoms with Gasteiger partial charge in [0.05, 0.1) is 13.7 Å². The molecule has 94 valence electrons. The van der Waals surface area contributed by atoms with Crippen LogP contribution in [-0.2, 0) is 18.0 Å². The maximum atomic E-state index is 10.4. The lowest BCUT2D eigenvalue weighted by atomic mass is 10.2. The first kappa shape index (κ1) is 12.4. The van der Waals surface area contributed by atoms with Crippen LogP contribution in [0.5, 0.6) is 5.75 Å². The number of furan rings is 1. The van der Waals surface area contributed by atoms with Crippen LogP contribution in [-0.4, -0.2) is 13.4 Å². The molecule has 2 rings (SSSR count). The van der Waals surface area contributed by atoms with Crippen LogP contribution < -0.4 is 4.74 Å². The topological polar surface area (TPSA) is 48.7 Å². The van der Waals surface area contributed by atoms with E-state index in [1.807, 2.05) is 24.3 Å². The van der Waals surface area contributed by atoms with Crippen molar-refractivity contribution in [2.45, 2.75) is 13.2 Å². The minimum absolute atomic E-state index is 0.318. The van der Waals surface area contributed by atoms with E-state index in [-0.39, 0.29) is 0 Å². The maximum Gasteiger partial charge on any atom is 0.185 e. The predicted octanol–water partition coefficient (Wildman–Crippen LogP) is 2.82. The minimum atomic E-state index is 0.318. The summed E-state index contributed by atoms with van der Waals surface area (Å²) in [4.78, 5) is 10.4. The van der Waals surface area contributed by atoms with Crippen molar-refractivity contribution in [3.63, 3.8) is 0 Å². The zero-order valence-electron chi connectivity index (χ0n) is 10.1. The van der Waals surface area contributed by atoms with E-state index in [0.29, 0.717) is 31.0 Å². The predicted molar refractivity (Wildman–Crippen MR) is 65.6 cm³/mol. The highest BCUT2D eigenvalue weighted by atomic mass is 16.5. The number of carbonyl (C=O) groups is 1. The zero-order valence-corrected chi connectivity index (χ0v) is 10.1. The smallest absolute Gasteiger partial charge is 0.185 e. The Morgan fingerprint density at radius 2 is 1.89 bits per heavy atom. The molecule has 0 N–H and O–H groups in total. The van der Waals surface area contributed by atoms with Crippen LogP contribution in [0.25, 0.3) is 0 Å². The van der Waals surface area contributed by atoms with Gasteiger partial charge in [0, 0.05) is 0 Å². The SMILES string of the molecule is COc1ccc(COCc2ccc(C=O)o2)cc1. The second-order valence-corrected chi connectivity index (χ2v) is 3.76. The second kappa shape index (κ2) is 6.02. The number of benzene rings is 1. The van der Waals surface area contributed by atoms with Gasteiger partial charge in [0.2, 0.25) is 0 Å². The van der Waals surface area contributed by atoms with Gasteiger partial charge in [0.1, 0.15) is 18.1 Å². The first-order chi connectivity index (χ1) is 8.81. The Balaban J connectivity index is 1.82. The molecule has 0 aliphatic carbocycles. The molecule has 0 spiro atoms. The third-order valence-electron chi connectivity index (χ3n) is 2.47. The summed E-state index contributed by atoms with van der Waals surface area (Å²) in [5.74, 6) is 1.78. The molecule has 0 fully saturated rings. The number of methoxy groups -OCH3 is 1. The van der Waals surface area contributed by atoms with Gasteiger partial charge < -0.3 is 13.9 Å². The van der Waals surface area contributed by atoms with Crippen molar-refractivity contribution >= 4 is 6.29 Å². The van der Waals surface area contributed by atoms with Gasteiger partial charge in [-0.25, -0.2) is 0 Å². The summed E-state index contributed by atoms with van der Waals surface area (Å²) in [6, 6.07) is 11.0. The third-order valence-corrected chi connectivity index (χ3v) is 2.47. The fraction of sp³-hybridized carbons (Fsp3) is 0.214. The summed E-state index contributed by atoms with van der Waals surface area (Å²) >= 11 is 0. The Labute approximate surface area is 105 Å². The summed E-state index contributed by atoms with van der Waals surface area (Å²) in [6.45, 7) is 0.834. The van der Waals surface area contributed by atoms with E-state index < -0.39 is 0 Å². The molecule has 4 nitrogen and oxygen atoms in total. The molecule has 1 heterocycles. The number of ether oxygens (including phenoxy) is 2. The van der Waals surface area contributed by atoms with E-state index in [1.54, 1.807) is 19.2 Å². The molecule has 0 amide bonds. The van der Waals surface area contributed by atoms with Crippen LogP contribution in [0.4, 0.5) is 0 Å². The molecule has 0 unspecified atom stereocenters. The molecule has 0 saturated carbocycles.